The first-order valence-electron chi connectivity index (χ1n) is 3.94. The van der Waals surface area contributed by atoms with Crippen molar-refractivity contribution < 1.29 is 22.2 Å². The van der Waals surface area contributed by atoms with Crippen molar-refractivity contribution in [2.24, 2.45) is 4.36 Å². The number of carbonyl (C=O) groups is 1. The second kappa shape index (κ2) is 4.57. The van der Waals surface area contributed by atoms with Crippen LogP contribution in [0, 0.1) is 0 Å². The van der Waals surface area contributed by atoms with Gasteiger partial charge in [0.05, 0.1) is 14.6 Å². The molecular formula is C7H5ClF3N3O2S. The maximum absolute atomic E-state index is 11.9. The van der Waals surface area contributed by atoms with Crippen LogP contribution >= 0.6 is 11.6 Å². The highest BCUT2D eigenvalue weighted by molar-refractivity contribution is 7.93. The van der Waals surface area contributed by atoms with Gasteiger partial charge in [-0.2, -0.15) is 13.2 Å². The molecule has 5 nitrogen and oxygen atoms in total. The van der Waals surface area contributed by atoms with Gasteiger partial charge in [-0.25, -0.2) is 14.2 Å². The van der Waals surface area contributed by atoms with Gasteiger partial charge in [0.1, 0.15) is 0 Å². The second-order valence-electron chi connectivity index (χ2n) is 2.88. The summed E-state index contributed by atoms with van der Waals surface area (Å²) < 4.78 is 50.2. The predicted molar refractivity (Wildman–Crippen MR) is 52.9 cm³/mol. The number of hydrogen-bond donors (Lipinski definition) is 0. The summed E-state index contributed by atoms with van der Waals surface area (Å²) >= 11 is 5.35. The van der Waals surface area contributed by atoms with Gasteiger partial charge < -0.3 is 0 Å². The predicted octanol–water partition coefficient (Wildman–Crippen LogP) is 1.68. The van der Waals surface area contributed by atoms with Crippen molar-refractivity contribution in [2.75, 3.05) is 6.26 Å². The molecule has 17 heavy (non-hydrogen) atoms. The van der Waals surface area contributed by atoms with E-state index in [2.05, 4.69) is 14.3 Å². The molecule has 1 rings (SSSR count). The van der Waals surface area contributed by atoms with Crippen LogP contribution in [0.4, 0.5) is 13.2 Å². The Kier molecular flexibility index (Phi) is 3.72. The van der Waals surface area contributed by atoms with Crippen molar-refractivity contribution in [2.45, 2.75) is 11.1 Å². The Balaban J connectivity index is 3.20. The van der Waals surface area contributed by atoms with Crippen LogP contribution in [0.3, 0.4) is 0 Å². The topological polar surface area (TPSA) is 72.3 Å². The van der Waals surface area contributed by atoms with Gasteiger partial charge in [-0.15, -0.1) is 4.36 Å². The highest BCUT2D eigenvalue weighted by Gasteiger charge is 2.39. The van der Waals surface area contributed by atoms with E-state index in [9.17, 15) is 22.2 Å². The molecule has 10 heteroatoms. The lowest BCUT2D eigenvalue weighted by Gasteiger charge is -2.04. The Hall–Kier alpha value is -1.22. The standard InChI is InChI=1S/C7H5ClF3N3O2S/c1-17(16,14-5(15)7(9,10)11)4-2-12-6(8)13-3-4/h2-3H,1H3. The molecule has 0 aliphatic heterocycles. The number of aromatic nitrogens is 2. The molecule has 1 atom stereocenters. The average Bonchev–Trinajstić information content (AvgIpc) is 2.16. The number of rotatable bonds is 1. The third kappa shape index (κ3) is 3.63. The van der Waals surface area contributed by atoms with Gasteiger partial charge in [-0.3, -0.25) is 4.79 Å². The van der Waals surface area contributed by atoms with E-state index in [0.29, 0.717) is 0 Å². The average molecular weight is 288 g/mol. The molecule has 0 fully saturated rings. The van der Waals surface area contributed by atoms with Crippen LogP contribution in [0.15, 0.2) is 21.7 Å². The van der Waals surface area contributed by atoms with Crippen LogP contribution in [0.1, 0.15) is 0 Å². The van der Waals surface area contributed by atoms with E-state index >= 15 is 0 Å². The summed E-state index contributed by atoms with van der Waals surface area (Å²) in [6.45, 7) is 0. The maximum atomic E-state index is 11.9. The first-order chi connectivity index (χ1) is 7.63. The van der Waals surface area contributed by atoms with Crippen molar-refractivity contribution in [3.8, 4) is 0 Å². The first kappa shape index (κ1) is 13.8. The van der Waals surface area contributed by atoms with Crippen molar-refractivity contribution in [1.82, 2.24) is 9.97 Å². The molecule has 94 valence electrons. The lowest BCUT2D eigenvalue weighted by atomic mass is 10.6. The zero-order chi connectivity index (χ0) is 13.3. The molecule has 1 heterocycles. The van der Waals surface area contributed by atoms with Crippen molar-refractivity contribution in [1.29, 1.82) is 0 Å². The molecular weight excluding hydrogens is 283 g/mol. The molecule has 0 aliphatic rings. The maximum Gasteiger partial charge on any atom is 0.474 e. The highest BCUT2D eigenvalue weighted by atomic mass is 35.5. The Morgan fingerprint density at radius 3 is 2.29 bits per heavy atom. The van der Waals surface area contributed by atoms with Gasteiger partial charge in [0, 0.05) is 18.6 Å². The number of hydrogen-bond acceptors (Lipinski definition) is 4. The molecule has 0 N–H and O–H groups in total. The van der Waals surface area contributed by atoms with E-state index in [4.69, 9.17) is 11.6 Å². The summed E-state index contributed by atoms with van der Waals surface area (Å²) in [5, 5.41) is -0.161. The van der Waals surface area contributed by atoms with Gasteiger partial charge in [0.2, 0.25) is 5.28 Å². The first-order valence-corrected chi connectivity index (χ1v) is 6.24. The summed E-state index contributed by atoms with van der Waals surface area (Å²) in [6, 6.07) is 0. The van der Waals surface area contributed by atoms with Crippen molar-refractivity contribution in [3.05, 3.63) is 17.7 Å². The van der Waals surface area contributed by atoms with E-state index < -0.39 is 21.8 Å². The van der Waals surface area contributed by atoms with Crippen LogP contribution in [0.5, 0.6) is 0 Å². The van der Waals surface area contributed by atoms with Crippen molar-refractivity contribution in [3.63, 3.8) is 0 Å². The quantitative estimate of drug-likeness (QED) is 0.737. The van der Waals surface area contributed by atoms with Crippen LogP contribution in [-0.2, 0) is 14.5 Å². The van der Waals surface area contributed by atoms with Gasteiger partial charge in [-0.05, 0) is 11.6 Å². The third-order valence-electron chi connectivity index (χ3n) is 1.53. The Morgan fingerprint density at radius 1 is 1.41 bits per heavy atom. The SMILES string of the molecule is CS(=O)(=NC(=O)C(F)(F)F)c1cnc(Cl)nc1. The largest absolute Gasteiger partial charge is 0.474 e. The Labute approximate surface area is 99.2 Å². The monoisotopic (exact) mass is 287 g/mol. The van der Waals surface area contributed by atoms with Crippen molar-refractivity contribution >= 4 is 27.2 Å². The van der Waals surface area contributed by atoms with E-state index in [1.54, 1.807) is 0 Å². The molecule has 0 aromatic carbocycles. The molecule has 0 radical (unpaired) electrons. The van der Waals surface area contributed by atoms with Crippen LogP contribution in [0.25, 0.3) is 0 Å². The number of nitrogens with zero attached hydrogens (tertiary/aromatic N) is 3. The Bertz CT molecular complexity index is 548. The van der Waals surface area contributed by atoms with Crippen LogP contribution in [0.2, 0.25) is 5.28 Å². The molecule has 1 aromatic heterocycles. The minimum Gasteiger partial charge on any atom is -0.261 e. The summed E-state index contributed by atoms with van der Waals surface area (Å²) in [5.41, 5.74) is 0. The van der Waals surface area contributed by atoms with E-state index in [1.165, 1.54) is 0 Å². The lowest BCUT2D eigenvalue weighted by Crippen LogP contribution is -2.21. The highest BCUT2D eigenvalue weighted by Crippen LogP contribution is 2.19. The number of alkyl halides is 3. The van der Waals surface area contributed by atoms with E-state index in [1.807, 2.05) is 0 Å². The van der Waals surface area contributed by atoms with E-state index in [0.717, 1.165) is 18.6 Å². The van der Waals surface area contributed by atoms with Crippen LogP contribution in [-0.4, -0.2) is 32.5 Å². The molecule has 0 spiro atoms. The second-order valence-corrected chi connectivity index (χ2v) is 5.48. The minimum atomic E-state index is -5.16. The fraction of sp³-hybridized carbons (Fsp3) is 0.286. The number of amides is 1. The summed E-state index contributed by atoms with van der Waals surface area (Å²) in [5.74, 6) is -2.42. The van der Waals surface area contributed by atoms with Gasteiger partial charge in [0.25, 0.3) is 0 Å². The van der Waals surface area contributed by atoms with Gasteiger partial charge >= 0.3 is 12.1 Å². The summed E-state index contributed by atoms with van der Waals surface area (Å²) in [7, 11) is -3.54. The third-order valence-corrected chi connectivity index (χ3v) is 3.33. The molecule has 1 aromatic rings. The molecule has 0 aliphatic carbocycles. The summed E-state index contributed by atoms with van der Waals surface area (Å²) in [4.78, 5) is 17.2. The van der Waals surface area contributed by atoms with Gasteiger partial charge in [-0.1, -0.05) is 0 Å². The lowest BCUT2D eigenvalue weighted by molar-refractivity contribution is -0.169. The number of halogens is 4. The fourth-order valence-corrected chi connectivity index (χ4v) is 1.88. The molecule has 0 saturated carbocycles. The van der Waals surface area contributed by atoms with Gasteiger partial charge in [0.15, 0.2) is 0 Å². The van der Waals surface area contributed by atoms with E-state index in [-0.39, 0.29) is 10.2 Å². The Morgan fingerprint density at radius 2 is 1.88 bits per heavy atom. The fourth-order valence-electron chi connectivity index (χ4n) is 0.759. The zero-order valence-electron chi connectivity index (χ0n) is 8.23. The molecule has 1 unspecified atom stereocenters. The smallest absolute Gasteiger partial charge is 0.261 e. The zero-order valence-corrected chi connectivity index (χ0v) is 9.81. The van der Waals surface area contributed by atoms with Crippen LogP contribution < -0.4 is 0 Å². The molecule has 0 bridgehead atoms. The number of carbonyl (C=O) groups excluding carboxylic acids is 1. The minimum absolute atomic E-state index is 0.161. The summed E-state index contributed by atoms with van der Waals surface area (Å²) in [6.07, 6.45) is -2.38. The normalized spacial score (nSPS) is 15.1. The molecule has 1 amide bonds. The molecule has 0 saturated heterocycles.